The fourth-order valence-electron chi connectivity index (χ4n) is 2.15. The van der Waals surface area contributed by atoms with E-state index in [0.717, 1.165) is 0 Å². The van der Waals surface area contributed by atoms with Gasteiger partial charge in [-0.25, -0.2) is 0 Å². The van der Waals surface area contributed by atoms with Crippen molar-refractivity contribution in [2.24, 2.45) is 5.41 Å². The molecule has 0 bridgehead atoms. The van der Waals surface area contributed by atoms with Gasteiger partial charge in [-0.2, -0.15) is 17.4 Å². The molecule has 0 spiro atoms. The molecule has 0 saturated carbocycles. The Morgan fingerprint density at radius 3 is 2.10 bits per heavy atom. The van der Waals surface area contributed by atoms with Crippen molar-refractivity contribution < 1.29 is 23.1 Å². The Bertz CT molecular complexity index is 447. The summed E-state index contributed by atoms with van der Waals surface area (Å²) in [6, 6.07) is -1.18. The Hall–Kier alpha value is -0.700. The first-order valence-corrected chi connectivity index (χ1v) is 8.03. The molecular weight excluding hydrogens is 284 g/mol. The van der Waals surface area contributed by atoms with E-state index < -0.39 is 27.6 Å². The molecule has 0 aromatic rings. The molecule has 0 radical (unpaired) electrons. The first kappa shape index (κ1) is 17.4. The number of morpholine rings is 1. The fourth-order valence-corrected chi connectivity index (χ4v) is 3.86. The van der Waals surface area contributed by atoms with E-state index in [-0.39, 0.29) is 25.3 Å². The number of rotatable bonds is 4. The second kappa shape index (κ2) is 5.97. The van der Waals surface area contributed by atoms with Crippen molar-refractivity contribution >= 4 is 16.2 Å². The summed E-state index contributed by atoms with van der Waals surface area (Å²) in [6.45, 7) is 9.05. The van der Waals surface area contributed by atoms with Crippen LogP contribution in [-0.4, -0.2) is 55.1 Å². The lowest BCUT2D eigenvalue weighted by molar-refractivity contribution is -0.141. The van der Waals surface area contributed by atoms with E-state index in [1.54, 1.807) is 34.6 Å². The minimum absolute atomic E-state index is 0.215. The molecular formula is C12H24N2O5S. The van der Waals surface area contributed by atoms with Crippen LogP contribution in [0.5, 0.6) is 0 Å². The highest BCUT2D eigenvalue weighted by Gasteiger charge is 2.38. The van der Waals surface area contributed by atoms with Crippen LogP contribution >= 0.6 is 0 Å². The molecule has 20 heavy (non-hydrogen) atoms. The van der Waals surface area contributed by atoms with E-state index in [0.29, 0.717) is 0 Å². The second-order valence-corrected chi connectivity index (χ2v) is 8.04. The zero-order valence-corrected chi connectivity index (χ0v) is 13.4. The molecule has 3 atom stereocenters. The van der Waals surface area contributed by atoms with Crippen molar-refractivity contribution in [1.82, 2.24) is 9.03 Å². The lowest BCUT2D eigenvalue weighted by atomic mass is 9.88. The van der Waals surface area contributed by atoms with Crippen LogP contribution in [0.4, 0.5) is 0 Å². The van der Waals surface area contributed by atoms with E-state index in [2.05, 4.69) is 4.72 Å². The molecule has 1 aliphatic heterocycles. The third-order valence-corrected chi connectivity index (χ3v) is 4.62. The van der Waals surface area contributed by atoms with E-state index in [4.69, 9.17) is 4.74 Å². The third kappa shape index (κ3) is 4.41. The highest BCUT2D eigenvalue weighted by atomic mass is 32.2. The van der Waals surface area contributed by atoms with Gasteiger partial charge in [0, 0.05) is 13.1 Å². The Labute approximate surface area is 120 Å². The van der Waals surface area contributed by atoms with Crippen LogP contribution in [0.15, 0.2) is 0 Å². The van der Waals surface area contributed by atoms with Crippen LogP contribution < -0.4 is 4.72 Å². The van der Waals surface area contributed by atoms with Crippen molar-refractivity contribution in [2.45, 2.75) is 52.9 Å². The van der Waals surface area contributed by atoms with Gasteiger partial charge in [0.25, 0.3) is 10.2 Å². The van der Waals surface area contributed by atoms with Gasteiger partial charge < -0.3 is 9.84 Å². The van der Waals surface area contributed by atoms with E-state index in [1.807, 2.05) is 0 Å². The predicted octanol–water partition coefficient (Wildman–Crippen LogP) is 0.429. The molecule has 118 valence electrons. The number of ether oxygens (including phenoxy) is 1. The second-order valence-electron chi connectivity index (χ2n) is 6.33. The third-order valence-electron chi connectivity index (χ3n) is 3.11. The number of hydrogen-bond donors (Lipinski definition) is 2. The van der Waals surface area contributed by atoms with Crippen LogP contribution in [0.25, 0.3) is 0 Å². The predicted molar refractivity (Wildman–Crippen MR) is 74.5 cm³/mol. The topological polar surface area (TPSA) is 95.9 Å². The fraction of sp³-hybridized carbons (Fsp3) is 0.917. The maximum atomic E-state index is 12.3. The molecule has 0 aromatic heterocycles. The smallest absolute Gasteiger partial charge is 0.322 e. The van der Waals surface area contributed by atoms with Gasteiger partial charge in [-0.3, -0.25) is 4.79 Å². The number of carboxylic acids is 1. The van der Waals surface area contributed by atoms with Gasteiger partial charge >= 0.3 is 5.97 Å². The number of carboxylic acid groups (broad SMARTS) is 1. The van der Waals surface area contributed by atoms with Gasteiger partial charge in [0.2, 0.25) is 0 Å². The van der Waals surface area contributed by atoms with Crippen LogP contribution in [0.1, 0.15) is 34.6 Å². The molecule has 0 amide bonds. The minimum Gasteiger partial charge on any atom is -0.480 e. The monoisotopic (exact) mass is 308 g/mol. The highest BCUT2D eigenvalue weighted by Crippen LogP contribution is 2.22. The molecule has 2 N–H and O–H groups in total. The molecule has 1 rings (SSSR count). The van der Waals surface area contributed by atoms with Gasteiger partial charge in [-0.1, -0.05) is 20.8 Å². The zero-order chi connectivity index (χ0) is 15.7. The molecule has 0 aromatic carbocycles. The summed E-state index contributed by atoms with van der Waals surface area (Å²) in [4.78, 5) is 11.3. The summed E-state index contributed by atoms with van der Waals surface area (Å²) in [5, 5.41) is 9.20. The molecule has 7 nitrogen and oxygen atoms in total. The number of nitrogens with one attached hydrogen (secondary N) is 1. The summed E-state index contributed by atoms with van der Waals surface area (Å²) in [5.41, 5.74) is -0.720. The average molecular weight is 308 g/mol. The summed E-state index contributed by atoms with van der Waals surface area (Å²) < 4.78 is 33.7. The van der Waals surface area contributed by atoms with Crippen molar-refractivity contribution in [3.8, 4) is 0 Å². The lowest BCUT2D eigenvalue weighted by Gasteiger charge is -2.36. The minimum atomic E-state index is -3.85. The average Bonchev–Trinajstić information content (AvgIpc) is 2.22. The standard InChI is InChI=1S/C12H24N2O5S/c1-8-6-14(7-9(2)19-8)20(17,18)13-10(11(15)16)12(3,4)5/h8-10,13H,6-7H2,1-5H3,(H,15,16)/t8?,9?,10-/m1/s1. The van der Waals surface area contributed by atoms with Crippen LogP contribution in [0.2, 0.25) is 0 Å². The Balaban J connectivity index is 2.90. The maximum absolute atomic E-state index is 12.3. The number of nitrogens with zero attached hydrogens (tertiary/aromatic N) is 1. The zero-order valence-electron chi connectivity index (χ0n) is 12.6. The van der Waals surface area contributed by atoms with Crippen LogP contribution in [0, 0.1) is 5.41 Å². The Morgan fingerprint density at radius 2 is 1.75 bits per heavy atom. The molecule has 1 saturated heterocycles. The summed E-state index contributed by atoms with van der Waals surface area (Å²) >= 11 is 0. The van der Waals surface area contributed by atoms with Crippen molar-refractivity contribution in [1.29, 1.82) is 0 Å². The van der Waals surface area contributed by atoms with Crippen LogP contribution in [0.3, 0.4) is 0 Å². The Kier molecular flexibility index (Phi) is 5.18. The van der Waals surface area contributed by atoms with E-state index in [9.17, 15) is 18.3 Å². The van der Waals surface area contributed by atoms with E-state index >= 15 is 0 Å². The van der Waals surface area contributed by atoms with Gasteiger partial charge in [-0.15, -0.1) is 0 Å². The first-order valence-electron chi connectivity index (χ1n) is 6.59. The first-order chi connectivity index (χ1) is 8.93. The normalized spacial score (nSPS) is 27.2. The number of aliphatic carboxylic acids is 1. The van der Waals surface area contributed by atoms with Crippen molar-refractivity contribution in [3.05, 3.63) is 0 Å². The summed E-state index contributed by atoms with van der Waals surface area (Å²) in [5.74, 6) is -1.18. The van der Waals surface area contributed by atoms with Crippen molar-refractivity contribution in [3.63, 3.8) is 0 Å². The Morgan fingerprint density at radius 1 is 1.30 bits per heavy atom. The molecule has 2 unspecified atom stereocenters. The van der Waals surface area contributed by atoms with Crippen LogP contribution in [-0.2, 0) is 19.7 Å². The lowest BCUT2D eigenvalue weighted by Crippen LogP contribution is -2.57. The van der Waals surface area contributed by atoms with E-state index in [1.165, 1.54) is 4.31 Å². The molecule has 1 fully saturated rings. The molecule has 8 heteroatoms. The molecule has 1 aliphatic rings. The molecule has 1 heterocycles. The molecule has 0 aliphatic carbocycles. The SMILES string of the molecule is CC1CN(S(=O)(=O)N[C@H](C(=O)O)C(C)(C)C)CC(C)O1. The summed E-state index contributed by atoms with van der Waals surface area (Å²) in [6.07, 6.45) is -0.429. The number of carbonyl (C=O) groups is 1. The maximum Gasteiger partial charge on any atom is 0.322 e. The highest BCUT2D eigenvalue weighted by molar-refractivity contribution is 7.87. The number of hydrogen-bond acceptors (Lipinski definition) is 4. The quantitative estimate of drug-likeness (QED) is 0.785. The largest absolute Gasteiger partial charge is 0.480 e. The van der Waals surface area contributed by atoms with Gasteiger partial charge in [0.05, 0.1) is 12.2 Å². The van der Waals surface area contributed by atoms with Gasteiger partial charge in [0.15, 0.2) is 0 Å². The van der Waals surface area contributed by atoms with Gasteiger partial charge in [0.1, 0.15) is 6.04 Å². The summed E-state index contributed by atoms with van der Waals surface area (Å²) in [7, 11) is -3.85. The van der Waals surface area contributed by atoms with Gasteiger partial charge in [-0.05, 0) is 19.3 Å². The van der Waals surface area contributed by atoms with Crippen molar-refractivity contribution in [2.75, 3.05) is 13.1 Å².